The van der Waals surface area contributed by atoms with Gasteiger partial charge in [0, 0.05) is 49.8 Å². The molecule has 0 saturated heterocycles. The fourth-order valence-electron chi connectivity index (χ4n) is 10.5. The summed E-state index contributed by atoms with van der Waals surface area (Å²) in [6.07, 6.45) is 5.89. The predicted octanol–water partition coefficient (Wildman–Crippen LogP) is 16.7. The smallest absolute Gasteiger partial charge is 0.135 e. The first-order chi connectivity index (χ1) is 31.5. The monoisotopic (exact) mass is 820 g/mol. The zero-order valence-corrected chi connectivity index (χ0v) is 35.8. The van der Waals surface area contributed by atoms with Gasteiger partial charge in [-0.3, -0.25) is 0 Å². The molecule has 2 heterocycles. The van der Waals surface area contributed by atoms with E-state index in [9.17, 15) is 0 Å². The Bertz CT molecular complexity index is 3620. The van der Waals surface area contributed by atoms with Crippen molar-refractivity contribution in [2.75, 3.05) is 4.90 Å². The van der Waals surface area contributed by atoms with E-state index >= 15 is 0 Å². The highest BCUT2D eigenvalue weighted by atomic mass is 16.3. The summed E-state index contributed by atoms with van der Waals surface area (Å²) >= 11 is 0. The summed E-state index contributed by atoms with van der Waals surface area (Å²) in [5, 5.41) is 5.85. The number of rotatable bonds is 8. The highest BCUT2D eigenvalue weighted by molar-refractivity contribution is 6.09. The molecular weight excluding hydrogens is 777 g/mol. The molecule has 3 nitrogen and oxygen atoms in total. The van der Waals surface area contributed by atoms with Crippen molar-refractivity contribution in [1.29, 1.82) is 0 Å². The second-order valence-electron chi connectivity index (χ2n) is 17.3. The van der Waals surface area contributed by atoms with E-state index in [0.29, 0.717) is 0 Å². The van der Waals surface area contributed by atoms with Crippen molar-refractivity contribution < 1.29 is 4.42 Å². The van der Waals surface area contributed by atoms with E-state index in [1.165, 1.54) is 60.6 Å². The van der Waals surface area contributed by atoms with Gasteiger partial charge < -0.3 is 13.9 Å². The van der Waals surface area contributed by atoms with Crippen LogP contribution in [0.3, 0.4) is 0 Å². The quantitative estimate of drug-likeness (QED) is 0.142. The van der Waals surface area contributed by atoms with E-state index in [1.807, 2.05) is 12.3 Å². The van der Waals surface area contributed by atoms with Gasteiger partial charge in [0.05, 0.1) is 23.0 Å². The Morgan fingerprint density at radius 3 is 1.97 bits per heavy atom. The van der Waals surface area contributed by atoms with Gasteiger partial charge in [-0.05, 0) is 110 Å². The molecule has 9 aromatic carbocycles. The Morgan fingerprint density at radius 1 is 0.547 bits per heavy atom. The van der Waals surface area contributed by atoms with Crippen LogP contribution in [0.25, 0.3) is 77.1 Å². The van der Waals surface area contributed by atoms with Crippen LogP contribution in [-0.2, 0) is 5.41 Å². The number of para-hydroxylation sites is 3. The van der Waals surface area contributed by atoms with Crippen molar-refractivity contribution in [3.05, 3.63) is 247 Å². The third-order valence-corrected chi connectivity index (χ3v) is 13.4. The number of hydrogen-bond acceptors (Lipinski definition) is 2. The van der Waals surface area contributed by atoms with E-state index in [-0.39, 0.29) is 5.41 Å². The topological polar surface area (TPSA) is 21.3 Å². The molecule has 0 spiro atoms. The summed E-state index contributed by atoms with van der Waals surface area (Å²) < 4.78 is 8.72. The van der Waals surface area contributed by atoms with Crippen LogP contribution in [0.4, 0.5) is 17.1 Å². The number of benzene rings is 9. The van der Waals surface area contributed by atoms with Gasteiger partial charge in [0.1, 0.15) is 5.58 Å². The molecule has 12 rings (SSSR count). The van der Waals surface area contributed by atoms with Gasteiger partial charge in [0.25, 0.3) is 0 Å². The maximum Gasteiger partial charge on any atom is 0.135 e. The van der Waals surface area contributed by atoms with E-state index in [1.54, 1.807) is 0 Å². The summed E-state index contributed by atoms with van der Waals surface area (Å²) in [5.74, 6) is 0. The highest BCUT2D eigenvalue weighted by Crippen LogP contribution is 2.52. The summed E-state index contributed by atoms with van der Waals surface area (Å²) in [7, 11) is 0. The van der Waals surface area contributed by atoms with Crippen LogP contribution < -0.4 is 4.90 Å². The number of nitrogens with zero attached hydrogens (tertiary/aromatic N) is 2. The van der Waals surface area contributed by atoms with Gasteiger partial charge in [0.15, 0.2) is 0 Å². The Labute approximate surface area is 373 Å². The normalized spacial score (nSPS) is 13.1. The maximum absolute atomic E-state index is 6.33. The molecule has 2 aromatic heterocycles. The van der Waals surface area contributed by atoms with Crippen LogP contribution in [0.2, 0.25) is 0 Å². The maximum atomic E-state index is 6.33. The summed E-state index contributed by atoms with van der Waals surface area (Å²) in [5.41, 5.74) is 18.3. The van der Waals surface area contributed by atoms with Crippen LogP contribution in [0.15, 0.2) is 230 Å². The van der Waals surface area contributed by atoms with Crippen LogP contribution in [0.1, 0.15) is 36.1 Å². The zero-order valence-electron chi connectivity index (χ0n) is 35.8. The number of aromatic nitrogens is 1. The Kier molecular flexibility index (Phi) is 8.67. The molecule has 1 aliphatic rings. The average molecular weight is 821 g/mol. The first-order valence-electron chi connectivity index (χ1n) is 22.0. The molecule has 11 aromatic rings. The molecule has 0 fully saturated rings. The Morgan fingerprint density at radius 2 is 1.19 bits per heavy atom. The van der Waals surface area contributed by atoms with E-state index in [4.69, 9.17) is 4.42 Å². The van der Waals surface area contributed by atoms with Gasteiger partial charge >= 0.3 is 0 Å². The minimum atomic E-state index is -0.128. The number of allylic oxidation sites excluding steroid dienone is 2. The molecule has 0 aliphatic heterocycles. The lowest BCUT2D eigenvalue weighted by molar-refractivity contribution is 0.615. The molecule has 0 radical (unpaired) electrons. The molecule has 0 N–H and O–H groups in total. The molecule has 304 valence electrons. The zero-order chi connectivity index (χ0) is 42.9. The third-order valence-electron chi connectivity index (χ3n) is 13.4. The van der Waals surface area contributed by atoms with Crippen molar-refractivity contribution in [2.24, 2.45) is 0 Å². The second kappa shape index (κ2) is 14.8. The van der Waals surface area contributed by atoms with E-state index < -0.39 is 0 Å². The lowest BCUT2D eigenvalue weighted by atomic mass is 9.79. The minimum Gasteiger partial charge on any atom is -0.464 e. The standard InChI is InChI=1S/C61H44N2O/c1-4-17-47(54-39-64-59-37-42-19-6-5-18-41(42)36-53(54)59)49-23-8-12-29-56(49)62(44-20-15-21-45(38-44)63-57-30-13-9-24-50(57)51-25-10-14-31-58(51)63)43-34-32-40(33-35-43)46-26-16-27-52-48-22-7-11-28-55(48)61(2,3)60(46)52/h4-39H,1H2,2-3H3/b47-17-. The van der Waals surface area contributed by atoms with Gasteiger partial charge in [0.2, 0.25) is 0 Å². The van der Waals surface area contributed by atoms with Crippen LogP contribution in [0.5, 0.6) is 0 Å². The number of furan rings is 1. The molecule has 0 unspecified atom stereocenters. The molecule has 0 amide bonds. The van der Waals surface area contributed by atoms with E-state index in [0.717, 1.165) is 55.8 Å². The van der Waals surface area contributed by atoms with Crippen LogP contribution >= 0.6 is 0 Å². The SMILES string of the molecule is C=C/C=C(/c1ccccc1N(c1ccc(-c2cccc3c2C(C)(C)c2ccccc2-3)cc1)c1cccc(-n2c3ccccc3c3ccccc32)c1)c1coc2cc3ccccc3cc12. The van der Waals surface area contributed by atoms with Gasteiger partial charge in [-0.15, -0.1) is 0 Å². The molecule has 1 aliphatic carbocycles. The second-order valence-corrected chi connectivity index (χ2v) is 17.3. The van der Waals surface area contributed by atoms with Crippen LogP contribution in [-0.4, -0.2) is 4.57 Å². The Hall–Kier alpha value is -8.14. The van der Waals surface area contributed by atoms with Gasteiger partial charge in [-0.1, -0.05) is 172 Å². The van der Waals surface area contributed by atoms with Crippen molar-refractivity contribution in [2.45, 2.75) is 19.3 Å². The highest BCUT2D eigenvalue weighted by Gasteiger charge is 2.37. The summed E-state index contributed by atoms with van der Waals surface area (Å²) in [6, 6.07) is 72.7. The summed E-state index contributed by atoms with van der Waals surface area (Å²) in [4.78, 5) is 2.40. The van der Waals surface area contributed by atoms with Crippen molar-refractivity contribution in [3.8, 4) is 27.9 Å². The first kappa shape index (κ1) is 37.6. The first-order valence-corrected chi connectivity index (χ1v) is 22.0. The van der Waals surface area contributed by atoms with Crippen LogP contribution in [0, 0.1) is 0 Å². The molecule has 0 atom stereocenters. The molecule has 0 saturated carbocycles. The number of anilines is 3. The lowest BCUT2D eigenvalue weighted by Gasteiger charge is -2.29. The fraction of sp³-hybridized carbons (Fsp3) is 0.0492. The van der Waals surface area contributed by atoms with Gasteiger partial charge in [-0.25, -0.2) is 0 Å². The molecule has 64 heavy (non-hydrogen) atoms. The molecule has 3 heteroatoms. The Balaban J connectivity index is 1.05. The largest absolute Gasteiger partial charge is 0.464 e. The van der Waals surface area contributed by atoms with Gasteiger partial charge in [-0.2, -0.15) is 0 Å². The fourth-order valence-corrected chi connectivity index (χ4v) is 10.5. The summed E-state index contributed by atoms with van der Waals surface area (Å²) in [6.45, 7) is 8.93. The molecule has 0 bridgehead atoms. The van der Waals surface area contributed by atoms with E-state index in [2.05, 4.69) is 236 Å². The number of fused-ring (bicyclic) bond motifs is 8. The van der Waals surface area contributed by atoms with Crippen molar-refractivity contribution in [3.63, 3.8) is 0 Å². The predicted molar refractivity (Wildman–Crippen MR) is 269 cm³/mol. The minimum absolute atomic E-state index is 0.128. The van der Waals surface area contributed by atoms with Crippen molar-refractivity contribution >= 4 is 66.2 Å². The molecular formula is C61H44N2O. The average Bonchev–Trinajstić information content (AvgIpc) is 3.98. The van der Waals surface area contributed by atoms with Crippen molar-refractivity contribution in [1.82, 2.24) is 4.57 Å². The lowest BCUT2D eigenvalue weighted by Crippen LogP contribution is -2.16. The number of hydrogen-bond donors (Lipinski definition) is 0. The third kappa shape index (κ3) is 5.82.